The second kappa shape index (κ2) is 6.29. The van der Waals surface area contributed by atoms with Gasteiger partial charge in [0.2, 0.25) is 0 Å². The van der Waals surface area contributed by atoms with Crippen molar-refractivity contribution >= 4 is 47.9 Å². The summed E-state index contributed by atoms with van der Waals surface area (Å²) >= 11 is 4.85. The van der Waals surface area contributed by atoms with Crippen LogP contribution in [0.1, 0.15) is 0 Å². The minimum atomic E-state index is -3.64. The van der Waals surface area contributed by atoms with E-state index in [1.54, 1.807) is 47.7 Å². The van der Waals surface area contributed by atoms with Crippen molar-refractivity contribution in [3.05, 3.63) is 70.8 Å². The van der Waals surface area contributed by atoms with Gasteiger partial charge in [-0.05, 0) is 36.4 Å². The molecule has 8 heteroatoms. The van der Waals surface area contributed by atoms with Crippen LogP contribution in [-0.4, -0.2) is 17.8 Å². The molecule has 5 nitrogen and oxygen atoms in total. The molecule has 4 aromatic rings. The van der Waals surface area contributed by atoms with Crippen LogP contribution in [0.5, 0.6) is 0 Å². The maximum atomic E-state index is 12.5. The lowest BCUT2D eigenvalue weighted by Crippen LogP contribution is -2.12. The first-order valence-electron chi connectivity index (χ1n) is 7.32. The van der Waals surface area contributed by atoms with E-state index in [-0.39, 0.29) is 4.90 Å². The van der Waals surface area contributed by atoms with Crippen LogP contribution >= 0.6 is 27.3 Å². The number of fused-ring (bicyclic) bond motifs is 1. The highest BCUT2D eigenvalue weighted by Gasteiger charge is 2.14. The standard InChI is InChI=1S/C17H12BrN3O2S2/c18-13-4-6-15(7-5-13)25(22,23)20-14-3-1-2-12(10-14)16-11-21-8-9-24-17(21)19-16/h1-11,20H. The van der Waals surface area contributed by atoms with Crippen LogP contribution in [0, 0.1) is 0 Å². The summed E-state index contributed by atoms with van der Waals surface area (Å²) in [6.07, 6.45) is 3.87. The zero-order valence-electron chi connectivity index (χ0n) is 12.8. The number of aromatic nitrogens is 2. The van der Waals surface area contributed by atoms with Crippen molar-refractivity contribution in [2.45, 2.75) is 4.90 Å². The summed E-state index contributed by atoms with van der Waals surface area (Å²) in [5.74, 6) is 0. The number of sulfonamides is 1. The van der Waals surface area contributed by atoms with Gasteiger partial charge in [-0.15, -0.1) is 11.3 Å². The number of thiazole rings is 1. The van der Waals surface area contributed by atoms with Gasteiger partial charge in [0.05, 0.1) is 10.6 Å². The molecule has 126 valence electrons. The maximum absolute atomic E-state index is 12.5. The molecule has 4 rings (SSSR count). The molecule has 0 fully saturated rings. The Morgan fingerprint density at radius 1 is 1.12 bits per heavy atom. The van der Waals surface area contributed by atoms with E-state index in [1.165, 1.54) is 0 Å². The highest BCUT2D eigenvalue weighted by atomic mass is 79.9. The van der Waals surface area contributed by atoms with Crippen LogP contribution in [0.4, 0.5) is 5.69 Å². The topological polar surface area (TPSA) is 63.5 Å². The van der Waals surface area contributed by atoms with Crippen molar-refractivity contribution in [3.8, 4) is 11.3 Å². The normalized spacial score (nSPS) is 11.7. The number of benzene rings is 2. The first-order chi connectivity index (χ1) is 12.0. The zero-order valence-corrected chi connectivity index (χ0v) is 16.0. The van der Waals surface area contributed by atoms with E-state index in [0.717, 1.165) is 20.7 Å². The van der Waals surface area contributed by atoms with Crippen molar-refractivity contribution < 1.29 is 8.42 Å². The smallest absolute Gasteiger partial charge is 0.261 e. The summed E-state index contributed by atoms with van der Waals surface area (Å²) in [7, 11) is -3.64. The first kappa shape index (κ1) is 16.3. The summed E-state index contributed by atoms with van der Waals surface area (Å²) in [5.41, 5.74) is 2.15. The van der Waals surface area contributed by atoms with E-state index in [9.17, 15) is 8.42 Å². The molecular formula is C17H12BrN3O2S2. The lowest BCUT2D eigenvalue weighted by atomic mass is 10.1. The Hall–Kier alpha value is -2.16. The Labute approximate surface area is 157 Å². The largest absolute Gasteiger partial charge is 0.297 e. The van der Waals surface area contributed by atoms with Gasteiger partial charge in [-0.2, -0.15) is 0 Å². The van der Waals surface area contributed by atoms with Crippen molar-refractivity contribution in [3.63, 3.8) is 0 Å². The summed E-state index contributed by atoms with van der Waals surface area (Å²) in [4.78, 5) is 5.66. The molecule has 0 aliphatic carbocycles. The Morgan fingerprint density at radius 3 is 2.68 bits per heavy atom. The SMILES string of the molecule is O=S(=O)(Nc1cccc(-c2cn3ccsc3n2)c1)c1ccc(Br)cc1. The minimum absolute atomic E-state index is 0.212. The van der Waals surface area contributed by atoms with Crippen LogP contribution in [0.15, 0.2) is 75.7 Å². The third-order valence-corrected chi connectivity index (χ3v) is 6.32. The van der Waals surface area contributed by atoms with Gasteiger partial charge in [-0.1, -0.05) is 28.1 Å². The second-order valence-electron chi connectivity index (χ2n) is 5.36. The summed E-state index contributed by atoms with van der Waals surface area (Å²) < 4.78 is 30.4. The lowest BCUT2D eigenvalue weighted by molar-refractivity contribution is 0.601. The summed E-state index contributed by atoms with van der Waals surface area (Å²) in [5, 5.41) is 1.97. The number of nitrogens with zero attached hydrogens (tertiary/aromatic N) is 2. The van der Waals surface area contributed by atoms with E-state index in [2.05, 4.69) is 25.6 Å². The monoisotopic (exact) mass is 433 g/mol. The molecule has 0 atom stereocenters. The van der Waals surface area contributed by atoms with E-state index in [4.69, 9.17) is 0 Å². The van der Waals surface area contributed by atoms with Crippen LogP contribution < -0.4 is 4.72 Å². The van der Waals surface area contributed by atoms with Crippen LogP contribution in [0.2, 0.25) is 0 Å². The molecule has 2 aromatic carbocycles. The number of hydrogen-bond acceptors (Lipinski definition) is 4. The van der Waals surface area contributed by atoms with Gasteiger partial charge in [0.25, 0.3) is 10.0 Å². The van der Waals surface area contributed by atoms with Gasteiger partial charge < -0.3 is 0 Å². The molecule has 0 saturated carbocycles. The predicted molar refractivity (Wildman–Crippen MR) is 103 cm³/mol. The van der Waals surface area contributed by atoms with E-state index >= 15 is 0 Å². The quantitative estimate of drug-likeness (QED) is 0.510. The van der Waals surface area contributed by atoms with Gasteiger partial charge in [0.1, 0.15) is 0 Å². The van der Waals surface area contributed by atoms with Crippen LogP contribution in [0.3, 0.4) is 0 Å². The molecule has 0 spiro atoms. The van der Waals surface area contributed by atoms with E-state index in [1.807, 2.05) is 34.3 Å². The average Bonchev–Trinajstić information content (AvgIpc) is 3.17. The number of rotatable bonds is 4. The Morgan fingerprint density at radius 2 is 1.92 bits per heavy atom. The van der Waals surface area contributed by atoms with Crippen LogP contribution in [-0.2, 0) is 10.0 Å². The molecular weight excluding hydrogens is 422 g/mol. The van der Waals surface area contributed by atoms with Crippen molar-refractivity contribution in [2.24, 2.45) is 0 Å². The fraction of sp³-hybridized carbons (Fsp3) is 0. The molecule has 0 radical (unpaired) electrons. The Kier molecular flexibility index (Phi) is 4.10. The molecule has 1 N–H and O–H groups in total. The summed E-state index contributed by atoms with van der Waals surface area (Å²) in [6, 6.07) is 13.7. The number of halogens is 1. The molecule has 0 unspecified atom stereocenters. The molecule has 2 heterocycles. The van der Waals surface area contributed by atoms with Gasteiger partial charge >= 0.3 is 0 Å². The molecule has 0 bridgehead atoms. The van der Waals surface area contributed by atoms with Crippen molar-refractivity contribution in [2.75, 3.05) is 4.72 Å². The maximum Gasteiger partial charge on any atom is 0.261 e. The minimum Gasteiger partial charge on any atom is -0.297 e. The highest BCUT2D eigenvalue weighted by molar-refractivity contribution is 9.10. The Bertz CT molecular complexity index is 1120. The predicted octanol–water partition coefficient (Wildman–Crippen LogP) is 4.63. The molecule has 0 aliphatic heterocycles. The van der Waals surface area contributed by atoms with Gasteiger partial charge in [-0.3, -0.25) is 9.12 Å². The van der Waals surface area contributed by atoms with E-state index in [0.29, 0.717) is 5.69 Å². The average molecular weight is 434 g/mol. The highest BCUT2D eigenvalue weighted by Crippen LogP contribution is 2.25. The lowest BCUT2D eigenvalue weighted by Gasteiger charge is -2.09. The summed E-state index contributed by atoms with van der Waals surface area (Å²) in [6.45, 7) is 0. The van der Waals surface area contributed by atoms with Gasteiger partial charge in [0, 0.05) is 33.5 Å². The van der Waals surface area contributed by atoms with Crippen molar-refractivity contribution in [1.82, 2.24) is 9.38 Å². The first-order valence-corrected chi connectivity index (χ1v) is 10.5. The molecule has 0 aliphatic rings. The number of anilines is 1. The molecule has 2 aromatic heterocycles. The molecule has 0 saturated heterocycles. The van der Waals surface area contributed by atoms with E-state index < -0.39 is 10.0 Å². The van der Waals surface area contributed by atoms with Crippen LogP contribution in [0.25, 0.3) is 16.2 Å². The number of imidazole rings is 1. The third kappa shape index (κ3) is 3.33. The second-order valence-corrected chi connectivity index (χ2v) is 8.83. The number of hydrogen-bond donors (Lipinski definition) is 1. The zero-order chi connectivity index (χ0) is 17.4. The third-order valence-electron chi connectivity index (χ3n) is 3.63. The number of nitrogens with one attached hydrogen (secondary N) is 1. The molecule has 25 heavy (non-hydrogen) atoms. The fourth-order valence-corrected chi connectivity index (χ4v) is 4.45. The Balaban J connectivity index is 1.65. The van der Waals surface area contributed by atoms with Gasteiger partial charge in [0.15, 0.2) is 4.96 Å². The van der Waals surface area contributed by atoms with Crippen molar-refractivity contribution in [1.29, 1.82) is 0 Å². The fourth-order valence-electron chi connectivity index (χ4n) is 2.44. The molecule has 0 amide bonds. The van der Waals surface area contributed by atoms with Gasteiger partial charge in [-0.25, -0.2) is 13.4 Å².